The monoisotopic (exact) mass is 341 g/mol. The molecule has 2 heterocycles. The summed E-state index contributed by atoms with van der Waals surface area (Å²) in [6, 6.07) is 0. The highest BCUT2D eigenvalue weighted by atomic mass is 35.5. The van der Waals surface area contributed by atoms with Crippen LogP contribution in [0.5, 0.6) is 0 Å². The Morgan fingerprint density at radius 2 is 2.10 bits per heavy atom. The molecule has 0 aliphatic carbocycles. The Hall–Kier alpha value is -0.0700. The second-order valence-electron chi connectivity index (χ2n) is 6.38. The molecule has 1 unspecified atom stereocenters. The zero-order valence-corrected chi connectivity index (χ0v) is 14.8. The molecule has 1 atom stereocenters. The maximum atomic E-state index is 12.0. The summed E-state index contributed by atoms with van der Waals surface area (Å²) in [5.41, 5.74) is -0.0624. The third-order valence-corrected chi connectivity index (χ3v) is 4.17. The van der Waals surface area contributed by atoms with E-state index in [1.807, 2.05) is 6.92 Å². The van der Waals surface area contributed by atoms with Crippen LogP contribution in [0.3, 0.4) is 0 Å². The number of nitrogens with one attached hydrogen (secondary N) is 2. The average molecular weight is 342 g/mol. The van der Waals surface area contributed by atoms with Crippen molar-refractivity contribution in [1.82, 2.24) is 15.5 Å². The largest absolute Gasteiger partial charge is 0.373 e. The van der Waals surface area contributed by atoms with Crippen LogP contribution in [0.1, 0.15) is 20.8 Å². The van der Waals surface area contributed by atoms with E-state index in [9.17, 15) is 4.79 Å². The van der Waals surface area contributed by atoms with Gasteiger partial charge in [0.15, 0.2) is 0 Å². The van der Waals surface area contributed by atoms with Crippen molar-refractivity contribution in [3.63, 3.8) is 0 Å². The van der Waals surface area contributed by atoms with Crippen LogP contribution in [-0.4, -0.2) is 62.3 Å². The summed E-state index contributed by atoms with van der Waals surface area (Å²) < 4.78 is 5.68. The third kappa shape index (κ3) is 6.28. The summed E-state index contributed by atoms with van der Waals surface area (Å²) in [4.78, 5) is 14.3. The fourth-order valence-corrected chi connectivity index (χ4v) is 2.68. The Morgan fingerprint density at radius 3 is 2.62 bits per heavy atom. The van der Waals surface area contributed by atoms with Crippen molar-refractivity contribution in [3.05, 3.63) is 0 Å². The molecule has 0 saturated carbocycles. The van der Waals surface area contributed by atoms with E-state index in [1.165, 1.54) is 0 Å². The molecule has 5 nitrogen and oxygen atoms in total. The fourth-order valence-electron chi connectivity index (χ4n) is 2.68. The number of nitrogens with zero attached hydrogens (tertiary/aromatic N) is 1. The molecule has 2 N–H and O–H groups in total. The summed E-state index contributed by atoms with van der Waals surface area (Å²) in [6.07, 6.45) is 0. The molecule has 2 rings (SSSR count). The molecule has 0 radical (unpaired) electrons. The molecule has 126 valence electrons. The molecular weight excluding hydrogens is 313 g/mol. The Labute approximate surface area is 140 Å². The van der Waals surface area contributed by atoms with Crippen molar-refractivity contribution in [2.45, 2.75) is 26.4 Å². The lowest BCUT2D eigenvalue weighted by Crippen LogP contribution is -2.52. The van der Waals surface area contributed by atoms with Gasteiger partial charge in [-0.1, -0.05) is 6.92 Å². The van der Waals surface area contributed by atoms with Crippen LogP contribution in [0.25, 0.3) is 0 Å². The molecule has 0 aromatic carbocycles. The number of carbonyl (C=O) groups is 1. The van der Waals surface area contributed by atoms with E-state index >= 15 is 0 Å². The van der Waals surface area contributed by atoms with E-state index in [0.29, 0.717) is 5.92 Å². The lowest BCUT2D eigenvalue weighted by atomic mass is 9.88. The molecule has 0 spiro atoms. The van der Waals surface area contributed by atoms with Gasteiger partial charge in [-0.2, -0.15) is 0 Å². The second-order valence-corrected chi connectivity index (χ2v) is 6.38. The molecule has 0 aromatic heterocycles. The summed E-state index contributed by atoms with van der Waals surface area (Å²) >= 11 is 0. The molecule has 1 amide bonds. The number of hydrogen-bond acceptors (Lipinski definition) is 4. The van der Waals surface area contributed by atoms with Gasteiger partial charge in [0.1, 0.15) is 0 Å². The average Bonchev–Trinajstić information content (AvgIpc) is 2.25. The fraction of sp³-hybridized carbons (Fsp3) is 0.929. The van der Waals surface area contributed by atoms with Gasteiger partial charge in [-0.05, 0) is 32.9 Å². The standard InChI is InChI=1S/C14H27N3O2.2ClH/c1-11(12-8-15-9-12)13(18)16-4-5-17-6-7-19-14(2,3)10-17;;/h11-12,15H,4-10H2,1-3H3,(H,16,18);2*1H. The molecular formula is C14H29Cl2N3O2. The number of halogens is 2. The number of morpholine rings is 1. The maximum Gasteiger partial charge on any atom is 0.223 e. The van der Waals surface area contributed by atoms with E-state index in [4.69, 9.17) is 4.74 Å². The van der Waals surface area contributed by atoms with Crippen molar-refractivity contribution in [2.24, 2.45) is 11.8 Å². The lowest BCUT2D eigenvalue weighted by Gasteiger charge is -2.38. The zero-order chi connectivity index (χ0) is 13.9. The predicted octanol–water partition coefficient (Wildman–Crippen LogP) is 0.912. The number of rotatable bonds is 5. The van der Waals surface area contributed by atoms with E-state index in [-0.39, 0.29) is 42.2 Å². The van der Waals surface area contributed by atoms with Crippen LogP contribution in [0.2, 0.25) is 0 Å². The van der Waals surface area contributed by atoms with E-state index in [2.05, 4.69) is 29.4 Å². The van der Waals surface area contributed by atoms with E-state index in [0.717, 1.165) is 45.9 Å². The van der Waals surface area contributed by atoms with Crippen molar-refractivity contribution >= 4 is 30.7 Å². The Balaban J connectivity index is 0.00000200. The molecule has 0 bridgehead atoms. The summed E-state index contributed by atoms with van der Waals surface area (Å²) in [7, 11) is 0. The van der Waals surface area contributed by atoms with Crippen molar-refractivity contribution in [2.75, 3.05) is 45.9 Å². The summed E-state index contributed by atoms with van der Waals surface area (Å²) in [5.74, 6) is 0.837. The van der Waals surface area contributed by atoms with Crippen molar-refractivity contribution < 1.29 is 9.53 Å². The van der Waals surface area contributed by atoms with Crippen LogP contribution in [0, 0.1) is 11.8 Å². The molecule has 0 aromatic rings. The molecule has 2 fully saturated rings. The van der Waals surface area contributed by atoms with Crippen molar-refractivity contribution in [3.8, 4) is 0 Å². The van der Waals surface area contributed by atoms with Crippen LogP contribution >= 0.6 is 24.8 Å². The van der Waals surface area contributed by atoms with Crippen LogP contribution < -0.4 is 10.6 Å². The first-order chi connectivity index (χ1) is 8.98. The minimum Gasteiger partial charge on any atom is -0.373 e. The molecule has 7 heteroatoms. The zero-order valence-electron chi connectivity index (χ0n) is 13.2. The van der Waals surface area contributed by atoms with Gasteiger partial charge in [-0.25, -0.2) is 0 Å². The molecule has 2 aliphatic heterocycles. The minimum atomic E-state index is -0.0624. The Bertz CT molecular complexity index is 325. The van der Waals surface area contributed by atoms with Crippen LogP contribution in [0.15, 0.2) is 0 Å². The quantitative estimate of drug-likeness (QED) is 0.780. The number of ether oxygens (including phenoxy) is 1. The van der Waals surface area contributed by atoms with E-state index in [1.54, 1.807) is 0 Å². The third-order valence-electron chi connectivity index (χ3n) is 4.17. The maximum absolute atomic E-state index is 12.0. The summed E-state index contributed by atoms with van der Waals surface area (Å²) in [6.45, 7) is 12.5. The van der Waals surface area contributed by atoms with Gasteiger partial charge in [0.2, 0.25) is 5.91 Å². The van der Waals surface area contributed by atoms with Crippen molar-refractivity contribution in [1.29, 1.82) is 0 Å². The smallest absolute Gasteiger partial charge is 0.223 e. The van der Waals surface area contributed by atoms with Gasteiger partial charge < -0.3 is 15.4 Å². The molecule has 21 heavy (non-hydrogen) atoms. The number of carbonyl (C=O) groups excluding carboxylic acids is 1. The second kappa shape index (κ2) is 9.16. The lowest BCUT2D eigenvalue weighted by molar-refractivity contribution is -0.126. The highest BCUT2D eigenvalue weighted by Crippen LogP contribution is 2.17. The van der Waals surface area contributed by atoms with Gasteiger partial charge in [-0.15, -0.1) is 24.8 Å². The highest BCUT2D eigenvalue weighted by Gasteiger charge is 2.29. The predicted molar refractivity (Wildman–Crippen MR) is 89.5 cm³/mol. The highest BCUT2D eigenvalue weighted by molar-refractivity contribution is 5.85. The van der Waals surface area contributed by atoms with E-state index < -0.39 is 0 Å². The number of amides is 1. The Kier molecular flexibility index (Phi) is 9.12. The van der Waals surface area contributed by atoms with Gasteiger partial charge in [0, 0.05) is 32.1 Å². The summed E-state index contributed by atoms with van der Waals surface area (Å²) in [5, 5.41) is 6.27. The number of hydrogen-bond donors (Lipinski definition) is 2. The normalized spacial score (nSPS) is 23.2. The van der Waals surface area contributed by atoms with Gasteiger partial charge >= 0.3 is 0 Å². The topological polar surface area (TPSA) is 53.6 Å². The molecule has 2 aliphatic rings. The first-order valence-electron chi connectivity index (χ1n) is 7.33. The van der Waals surface area contributed by atoms with Gasteiger partial charge in [-0.3, -0.25) is 9.69 Å². The molecule has 2 saturated heterocycles. The van der Waals surface area contributed by atoms with Gasteiger partial charge in [0.25, 0.3) is 0 Å². The Morgan fingerprint density at radius 1 is 1.43 bits per heavy atom. The van der Waals surface area contributed by atoms with Gasteiger partial charge in [0.05, 0.1) is 12.2 Å². The first-order valence-corrected chi connectivity index (χ1v) is 7.33. The first kappa shape index (κ1) is 20.9. The van der Waals surface area contributed by atoms with Crippen LogP contribution in [0.4, 0.5) is 0 Å². The van der Waals surface area contributed by atoms with Crippen LogP contribution in [-0.2, 0) is 9.53 Å². The SMILES string of the molecule is CC(C(=O)NCCN1CCOC(C)(C)C1)C1CNC1.Cl.Cl. The minimum absolute atomic E-state index is 0.